The van der Waals surface area contributed by atoms with Crippen LogP contribution in [0.15, 0.2) is 12.2 Å². The van der Waals surface area contributed by atoms with Crippen molar-refractivity contribution in [2.75, 3.05) is 14.1 Å². The Morgan fingerprint density at radius 3 is 2.47 bits per heavy atom. The van der Waals surface area contributed by atoms with Crippen molar-refractivity contribution in [1.29, 1.82) is 0 Å². The minimum absolute atomic E-state index is 0.0572. The molecule has 1 aliphatic heterocycles. The van der Waals surface area contributed by atoms with Gasteiger partial charge in [0, 0.05) is 6.04 Å². The van der Waals surface area contributed by atoms with Gasteiger partial charge < -0.3 is 4.90 Å². The first-order chi connectivity index (χ1) is 6.80. The third-order valence-corrected chi connectivity index (χ3v) is 7.13. The number of hydrogen-bond acceptors (Lipinski definition) is 3. The predicted molar refractivity (Wildman–Crippen MR) is 61.5 cm³/mol. The first kappa shape index (κ1) is 11.1. The second kappa shape index (κ2) is 3.08. The van der Waals surface area contributed by atoms with Crippen LogP contribution < -0.4 is 0 Å². The lowest BCUT2D eigenvalue weighted by atomic mass is 9.80. The molecule has 0 amide bonds. The number of likely N-dealkylation sites (N-methyl/N-ethyl adjacent to an activating group) is 1. The topological polar surface area (TPSA) is 37.4 Å². The predicted octanol–water partition coefficient (Wildman–Crippen LogP) is 1.07. The van der Waals surface area contributed by atoms with Crippen LogP contribution in [0.25, 0.3) is 0 Å². The van der Waals surface area contributed by atoms with E-state index in [-0.39, 0.29) is 11.3 Å². The van der Waals surface area contributed by atoms with Crippen LogP contribution >= 0.6 is 0 Å². The van der Waals surface area contributed by atoms with E-state index in [0.717, 1.165) is 6.42 Å². The molecule has 0 bridgehead atoms. The number of nitrogens with zero attached hydrogens (tertiary/aromatic N) is 1. The molecule has 1 heterocycles. The monoisotopic (exact) mass is 229 g/mol. The van der Waals surface area contributed by atoms with Crippen molar-refractivity contribution in [3.05, 3.63) is 12.2 Å². The summed E-state index contributed by atoms with van der Waals surface area (Å²) in [6, 6.07) is 0.0572. The summed E-state index contributed by atoms with van der Waals surface area (Å²) in [5, 5.41) is -0.188. The molecule has 0 aromatic carbocycles. The van der Waals surface area contributed by atoms with Gasteiger partial charge in [-0.15, -0.1) is 0 Å². The molecular formula is C11H19NO2S. The van der Waals surface area contributed by atoms with Crippen LogP contribution in [0.5, 0.6) is 0 Å². The molecular weight excluding hydrogens is 210 g/mol. The summed E-state index contributed by atoms with van der Waals surface area (Å²) >= 11 is 0. The summed E-state index contributed by atoms with van der Waals surface area (Å²) < 4.78 is 23.8. The normalized spacial score (nSPS) is 41.0. The van der Waals surface area contributed by atoms with Crippen molar-refractivity contribution in [1.82, 2.24) is 4.90 Å². The van der Waals surface area contributed by atoms with Crippen LogP contribution in [0.3, 0.4) is 0 Å². The number of rotatable bonds is 1. The Balaban J connectivity index is 2.40. The molecule has 3 nitrogen and oxygen atoms in total. The number of hydrogen-bond donors (Lipinski definition) is 0. The molecule has 15 heavy (non-hydrogen) atoms. The summed E-state index contributed by atoms with van der Waals surface area (Å²) in [7, 11) is 0.938. The molecule has 0 N–H and O–H groups in total. The highest BCUT2D eigenvalue weighted by Crippen LogP contribution is 2.51. The van der Waals surface area contributed by atoms with E-state index in [9.17, 15) is 8.42 Å². The minimum Gasteiger partial charge on any atom is -0.302 e. The summed E-state index contributed by atoms with van der Waals surface area (Å²) in [5.74, 6) is 0.292. The fourth-order valence-corrected chi connectivity index (χ4v) is 5.61. The smallest absolute Gasteiger partial charge is 0.160 e. The molecule has 0 aromatic heterocycles. The second-order valence-electron chi connectivity index (χ2n) is 5.34. The quantitative estimate of drug-likeness (QED) is 0.631. The van der Waals surface area contributed by atoms with Crippen LogP contribution in [0.2, 0.25) is 0 Å². The van der Waals surface area contributed by atoms with Crippen molar-refractivity contribution in [3.8, 4) is 0 Å². The lowest BCUT2D eigenvalue weighted by molar-refractivity contribution is 0.214. The van der Waals surface area contributed by atoms with Gasteiger partial charge in [-0.1, -0.05) is 12.2 Å². The van der Waals surface area contributed by atoms with Crippen LogP contribution in [0.4, 0.5) is 0 Å². The van der Waals surface area contributed by atoms with Gasteiger partial charge in [0.1, 0.15) is 0 Å². The molecule has 0 aromatic rings. The van der Waals surface area contributed by atoms with E-state index in [4.69, 9.17) is 0 Å². The summed E-state index contributed by atoms with van der Waals surface area (Å²) in [4.78, 5) is 2.00. The minimum atomic E-state index is -2.95. The molecule has 1 saturated heterocycles. The SMILES string of the molecule is CN(C)C1C=CCC2C1S(=O)(=O)C2(C)C. The fraction of sp³-hybridized carbons (Fsp3) is 0.818. The van der Waals surface area contributed by atoms with Gasteiger partial charge in [0.25, 0.3) is 0 Å². The van der Waals surface area contributed by atoms with Crippen molar-refractivity contribution in [3.63, 3.8) is 0 Å². The van der Waals surface area contributed by atoms with Crippen molar-refractivity contribution >= 4 is 9.84 Å². The third kappa shape index (κ3) is 1.24. The number of fused-ring (bicyclic) bond motifs is 1. The van der Waals surface area contributed by atoms with E-state index >= 15 is 0 Å². The summed E-state index contributed by atoms with van der Waals surface area (Å²) in [6.45, 7) is 3.71. The third-order valence-electron chi connectivity index (χ3n) is 4.04. The fourth-order valence-electron chi connectivity index (χ4n) is 2.88. The Bertz CT molecular complexity index is 395. The van der Waals surface area contributed by atoms with Gasteiger partial charge in [-0.05, 0) is 40.3 Å². The van der Waals surface area contributed by atoms with Gasteiger partial charge in [-0.2, -0.15) is 0 Å². The molecule has 1 aliphatic carbocycles. The zero-order valence-corrected chi connectivity index (χ0v) is 10.6. The molecule has 4 heteroatoms. The van der Waals surface area contributed by atoms with Crippen LogP contribution in [0.1, 0.15) is 20.3 Å². The van der Waals surface area contributed by atoms with E-state index in [2.05, 4.69) is 6.08 Å². The molecule has 0 radical (unpaired) electrons. The van der Waals surface area contributed by atoms with E-state index in [1.807, 2.05) is 38.9 Å². The molecule has 1 fully saturated rings. The molecule has 2 aliphatic rings. The molecule has 3 atom stereocenters. The Morgan fingerprint density at radius 1 is 1.33 bits per heavy atom. The number of sulfone groups is 1. The highest BCUT2D eigenvalue weighted by Gasteiger charge is 2.64. The Morgan fingerprint density at radius 2 is 1.93 bits per heavy atom. The van der Waals surface area contributed by atoms with Crippen LogP contribution in [-0.4, -0.2) is 43.5 Å². The van der Waals surface area contributed by atoms with Crippen LogP contribution in [0, 0.1) is 5.92 Å². The largest absolute Gasteiger partial charge is 0.302 e. The number of allylic oxidation sites excluding steroid dienone is 1. The van der Waals surface area contributed by atoms with Crippen LogP contribution in [-0.2, 0) is 9.84 Å². The van der Waals surface area contributed by atoms with Gasteiger partial charge in [0.2, 0.25) is 0 Å². The van der Waals surface area contributed by atoms with E-state index in [0.29, 0.717) is 5.92 Å². The molecule has 2 rings (SSSR count). The van der Waals surface area contributed by atoms with Gasteiger partial charge in [-0.25, -0.2) is 8.42 Å². The van der Waals surface area contributed by atoms with E-state index in [1.165, 1.54) is 0 Å². The molecule has 0 saturated carbocycles. The lowest BCUT2D eigenvalue weighted by Crippen LogP contribution is -2.68. The zero-order valence-electron chi connectivity index (χ0n) is 9.77. The average molecular weight is 229 g/mol. The first-order valence-corrected chi connectivity index (χ1v) is 6.91. The highest BCUT2D eigenvalue weighted by molar-refractivity contribution is 7.95. The molecule has 3 unspecified atom stereocenters. The Kier molecular flexibility index (Phi) is 2.29. The zero-order chi connectivity index (χ0) is 11.4. The second-order valence-corrected chi connectivity index (χ2v) is 8.02. The average Bonchev–Trinajstić information content (AvgIpc) is 2.16. The van der Waals surface area contributed by atoms with Crippen molar-refractivity contribution in [2.24, 2.45) is 5.92 Å². The van der Waals surface area contributed by atoms with Gasteiger partial charge in [0.05, 0.1) is 10.00 Å². The Hall–Kier alpha value is -0.350. The van der Waals surface area contributed by atoms with E-state index in [1.54, 1.807) is 0 Å². The maximum atomic E-state index is 12.2. The van der Waals surface area contributed by atoms with E-state index < -0.39 is 14.6 Å². The maximum absolute atomic E-state index is 12.2. The van der Waals surface area contributed by atoms with Gasteiger partial charge in [-0.3, -0.25) is 0 Å². The Labute approximate surface area is 92.1 Å². The standard InChI is InChI=1S/C11H19NO2S/c1-11(2)8-6-5-7-9(12(3)4)10(8)15(11,13)14/h5,7-10H,6H2,1-4H3. The molecule has 0 spiro atoms. The van der Waals surface area contributed by atoms with Gasteiger partial charge in [0.15, 0.2) is 9.84 Å². The van der Waals surface area contributed by atoms with Crippen molar-refractivity contribution < 1.29 is 8.42 Å². The first-order valence-electron chi connectivity index (χ1n) is 5.36. The maximum Gasteiger partial charge on any atom is 0.160 e. The highest BCUT2D eigenvalue weighted by atomic mass is 32.2. The van der Waals surface area contributed by atoms with Crippen molar-refractivity contribution in [2.45, 2.75) is 36.3 Å². The summed E-state index contributed by atoms with van der Waals surface area (Å²) in [5.41, 5.74) is 0. The summed E-state index contributed by atoms with van der Waals surface area (Å²) in [6.07, 6.45) is 5.07. The lowest BCUT2D eigenvalue weighted by Gasteiger charge is -2.55. The van der Waals surface area contributed by atoms with Gasteiger partial charge >= 0.3 is 0 Å². The molecule has 86 valence electrons.